The maximum Gasteiger partial charge on any atom is 0.222 e. The Hall–Kier alpha value is -0.186. The van der Waals surface area contributed by atoms with E-state index in [0.29, 0.717) is 19.4 Å². The Kier molecular flexibility index (Phi) is 6.71. The molecule has 0 aromatic heterocycles. The second kappa shape index (κ2) is 7.56. The normalized spacial score (nSPS) is 14.8. The average molecular weight is 398 g/mol. The number of benzene rings is 1. The van der Waals surface area contributed by atoms with E-state index < -0.39 is 0 Å². The number of halogens is 1. The molecule has 0 N–H and O–H groups in total. The summed E-state index contributed by atoms with van der Waals surface area (Å²) in [6, 6.07) is 5.78. The smallest absolute Gasteiger partial charge is 0.222 e. The molecule has 1 aromatic carbocycles. The van der Waals surface area contributed by atoms with Crippen molar-refractivity contribution in [3.05, 3.63) is 34.3 Å². The van der Waals surface area contributed by atoms with Crippen molar-refractivity contribution in [3.63, 3.8) is 0 Å². The zero-order valence-electron chi connectivity index (χ0n) is 11.1. The van der Waals surface area contributed by atoms with Crippen molar-refractivity contribution in [1.82, 2.24) is 4.90 Å². The minimum Gasteiger partial charge on any atom is -0.494 e. The predicted molar refractivity (Wildman–Crippen MR) is 74.0 cm³/mol. The number of carbonyl (C=O) groups is 1. The van der Waals surface area contributed by atoms with E-state index in [-0.39, 0.29) is 38.6 Å². The Morgan fingerprint density at radius 3 is 2.84 bits per heavy atom. The summed E-state index contributed by atoms with van der Waals surface area (Å²) in [6.07, 6.45) is 4.47. The maximum atomic E-state index is 11.7. The zero-order valence-corrected chi connectivity index (χ0v) is 15.5. The van der Waals surface area contributed by atoms with E-state index >= 15 is 0 Å². The molecule has 0 unspecified atom stereocenters. The van der Waals surface area contributed by atoms with Crippen LogP contribution in [0.5, 0.6) is 5.75 Å². The Morgan fingerprint density at radius 1 is 1.47 bits per heavy atom. The van der Waals surface area contributed by atoms with Crippen LogP contribution in [-0.4, -0.2) is 24.5 Å². The summed E-state index contributed by atoms with van der Waals surface area (Å²) in [4.78, 5) is 13.3. The maximum absolute atomic E-state index is 11.7. The number of hydrogen-bond acceptors (Lipinski definition) is 2. The molecule has 0 aliphatic carbocycles. The van der Waals surface area contributed by atoms with Crippen LogP contribution in [0.2, 0.25) is 0 Å². The first kappa shape index (κ1) is 16.9. The van der Waals surface area contributed by atoms with E-state index in [1.165, 1.54) is 0 Å². The molecule has 0 saturated carbocycles. The molecule has 1 aliphatic heterocycles. The predicted octanol–water partition coefficient (Wildman–Crippen LogP) is 3.24. The van der Waals surface area contributed by atoms with Gasteiger partial charge in [-0.15, -0.1) is 23.7 Å². The summed E-state index contributed by atoms with van der Waals surface area (Å²) in [5.74, 6) is 0.947. The van der Waals surface area contributed by atoms with Crippen molar-refractivity contribution in [3.8, 4) is 5.75 Å². The molecule has 0 spiro atoms. The molecule has 1 aromatic rings. The number of nitrogens with zero attached hydrogens (tertiary/aromatic N) is 1. The average Bonchev–Trinajstić information content (AvgIpc) is 2.34. The number of carbonyl (C=O) groups excluding carboxylic acids is 1. The molecule has 0 bridgehead atoms. The number of hydrogen-bond donors (Lipinski definition) is 0. The Balaban J connectivity index is 0.00000180. The molecule has 1 aliphatic rings. The van der Waals surface area contributed by atoms with Gasteiger partial charge in [0.15, 0.2) is 0 Å². The van der Waals surface area contributed by atoms with Crippen LogP contribution in [0, 0.1) is 6.08 Å². The largest absolute Gasteiger partial charge is 0.494 e. The molecule has 0 fully saturated rings. The standard InChI is InChI=1S/C14H15BrNO2.Y/c1-3-18-10-7-8-11(12(15)9-10)13-5-4-6-14(17)16(13)2;/h7-9H,3-4,6H2,1-2H3;/q-1;. The Morgan fingerprint density at radius 2 is 2.21 bits per heavy atom. The number of allylic oxidation sites excluding steroid dienone is 1. The number of amides is 1. The second-order valence-corrected chi connectivity index (χ2v) is 4.91. The van der Waals surface area contributed by atoms with Crippen molar-refractivity contribution in [1.29, 1.82) is 0 Å². The van der Waals surface area contributed by atoms with E-state index in [4.69, 9.17) is 4.74 Å². The van der Waals surface area contributed by atoms with Crippen LogP contribution < -0.4 is 4.74 Å². The van der Waals surface area contributed by atoms with Gasteiger partial charge in [0.05, 0.1) is 6.61 Å². The molecular weight excluding hydrogens is 383 g/mol. The molecule has 1 radical (unpaired) electrons. The van der Waals surface area contributed by atoms with Gasteiger partial charge in [0, 0.05) is 46.2 Å². The van der Waals surface area contributed by atoms with Gasteiger partial charge in [0.25, 0.3) is 0 Å². The topological polar surface area (TPSA) is 29.5 Å². The summed E-state index contributed by atoms with van der Waals surface area (Å²) in [5.41, 5.74) is 1.80. The molecule has 0 saturated heterocycles. The van der Waals surface area contributed by atoms with E-state index in [2.05, 4.69) is 22.0 Å². The third kappa shape index (κ3) is 3.90. The quantitative estimate of drug-likeness (QED) is 0.732. The molecule has 2 rings (SSSR count). The third-order valence-electron chi connectivity index (χ3n) is 2.85. The fraction of sp³-hybridized carbons (Fsp3) is 0.357. The first-order valence-electron chi connectivity index (χ1n) is 5.93. The van der Waals surface area contributed by atoms with E-state index in [1.54, 1.807) is 11.9 Å². The SMILES string of the molecule is CCOc1ccc(C2=[C-]CCC(=O)N2C)c(Br)c1.[Y]. The van der Waals surface area contributed by atoms with Crippen molar-refractivity contribution in [2.75, 3.05) is 13.7 Å². The number of ether oxygens (including phenoxy) is 1. The minimum absolute atomic E-state index is 0. The van der Waals surface area contributed by atoms with Crippen LogP contribution in [-0.2, 0) is 37.5 Å². The van der Waals surface area contributed by atoms with Gasteiger partial charge in [-0.05, 0) is 19.1 Å². The summed E-state index contributed by atoms with van der Waals surface area (Å²) < 4.78 is 6.35. The van der Waals surface area contributed by atoms with Gasteiger partial charge in [-0.3, -0.25) is 4.79 Å². The van der Waals surface area contributed by atoms with Gasteiger partial charge in [-0.25, -0.2) is 6.08 Å². The summed E-state index contributed by atoms with van der Waals surface area (Å²) in [6.45, 7) is 2.59. The van der Waals surface area contributed by atoms with Crippen LogP contribution >= 0.6 is 15.9 Å². The van der Waals surface area contributed by atoms with Crippen LogP contribution in [0.1, 0.15) is 25.3 Å². The van der Waals surface area contributed by atoms with Gasteiger partial charge in [-0.2, -0.15) is 0 Å². The first-order valence-corrected chi connectivity index (χ1v) is 6.73. The van der Waals surface area contributed by atoms with Gasteiger partial charge < -0.3 is 9.64 Å². The van der Waals surface area contributed by atoms with Crippen LogP contribution in [0.15, 0.2) is 22.7 Å². The second-order valence-electron chi connectivity index (χ2n) is 4.05. The number of rotatable bonds is 3. The third-order valence-corrected chi connectivity index (χ3v) is 3.50. The van der Waals surface area contributed by atoms with Crippen molar-refractivity contribution in [2.45, 2.75) is 19.8 Å². The van der Waals surface area contributed by atoms with Crippen LogP contribution in [0.4, 0.5) is 0 Å². The monoisotopic (exact) mass is 397 g/mol. The summed E-state index contributed by atoms with van der Waals surface area (Å²) >= 11 is 3.52. The molecule has 5 heteroatoms. The van der Waals surface area contributed by atoms with Crippen LogP contribution in [0.25, 0.3) is 5.70 Å². The zero-order chi connectivity index (χ0) is 13.1. The summed E-state index contributed by atoms with van der Waals surface area (Å²) in [5, 5.41) is 0. The Labute approximate surface area is 147 Å². The molecule has 3 nitrogen and oxygen atoms in total. The molecule has 19 heavy (non-hydrogen) atoms. The molecule has 99 valence electrons. The van der Waals surface area contributed by atoms with Gasteiger partial charge in [0.2, 0.25) is 5.91 Å². The molecule has 1 amide bonds. The summed E-state index contributed by atoms with van der Waals surface area (Å²) in [7, 11) is 1.78. The van der Waals surface area contributed by atoms with Crippen LogP contribution in [0.3, 0.4) is 0 Å². The van der Waals surface area contributed by atoms with Crippen molar-refractivity contribution >= 4 is 27.5 Å². The van der Waals surface area contributed by atoms with E-state index in [0.717, 1.165) is 21.5 Å². The van der Waals surface area contributed by atoms with Gasteiger partial charge in [-0.1, -0.05) is 20.4 Å². The van der Waals surface area contributed by atoms with Crippen molar-refractivity contribution < 1.29 is 42.2 Å². The molecule has 1 heterocycles. The van der Waals surface area contributed by atoms with E-state index in [1.807, 2.05) is 25.1 Å². The van der Waals surface area contributed by atoms with Crippen molar-refractivity contribution in [2.24, 2.45) is 0 Å². The fourth-order valence-electron chi connectivity index (χ4n) is 1.92. The van der Waals surface area contributed by atoms with E-state index in [9.17, 15) is 4.79 Å². The fourth-order valence-corrected chi connectivity index (χ4v) is 2.46. The molecule has 0 atom stereocenters. The van der Waals surface area contributed by atoms with Gasteiger partial charge >= 0.3 is 0 Å². The first-order chi connectivity index (χ1) is 8.63. The Bertz CT molecular complexity index is 502. The minimum atomic E-state index is 0. The molecular formula is C14H15BrNO2Y-. The van der Waals surface area contributed by atoms with Gasteiger partial charge in [0.1, 0.15) is 5.75 Å².